The van der Waals surface area contributed by atoms with Crippen molar-refractivity contribution in [3.8, 4) is 0 Å². The normalized spacial score (nSPS) is 13.3. The average molecular weight is 410 g/mol. The van der Waals surface area contributed by atoms with Gasteiger partial charge in [0.25, 0.3) is 0 Å². The summed E-state index contributed by atoms with van der Waals surface area (Å²) >= 11 is 0. The van der Waals surface area contributed by atoms with Crippen LogP contribution in [0.1, 0.15) is 22.3 Å². The number of carboxylic acids is 1. The molecule has 0 aliphatic carbocycles. The van der Waals surface area contributed by atoms with E-state index in [2.05, 4.69) is 34.6 Å². The number of pyridine rings is 1. The largest absolute Gasteiger partial charge is 0.477 e. The Balaban J connectivity index is 2.42. The molecule has 1 atom stereocenters. The Morgan fingerprint density at radius 2 is 1.96 bits per heavy atom. The van der Waals surface area contributed by atoms with Crippen LogP contribution >= 0.6 is 0 Å². The van der Waals surface area contributed by atoms with E-state index in [4.69, 9.17) is 4.74 Å². The number of aliphatic hydroxyl groups is 1. The standard InChI is InChI=1S/C18H31N5O4Si/c1-22(2)7-8-23(3)16-12(17(24)25)13-14(20-11-19-13)15(21-16)18(26)27-9-10-28(4,5)6/h11,18,26H,7-10H2,1-6H3,(H,19,20)(H,24,25). The number of imidazole rings is 1. The second-order valence-corrected chi connectivity index (χ2v) is 14.0. The summed E-state index contributed by atoms with van der Waals surface area (Å²) in [5.41, 5.74) is 0.898. The fourth-order valence-corrected chi connectivity index (χ4v) is 3.41. The van der Waals surface area contributed by atoms with E-state index in [0.717, 1.165) is 12.6 Å². The molecule has 2 heterocycles. The van der Waals surface area contributed by atoms with Gasteiger partial charge in [0.2, 0.25) is 6.29 Å². The molecule has 0 aliphatic rings. The van der Waals surface area contributed by atoms with Gasteiger partial charge in [-0.1, -0.05) is 19.6 Å². The maximum absolute atomic E-state index is 11.9. The van der Waals surface area contributed by atoms with Crippen LogP contribution in [0.5, 0.6) is 0 Å². The smallest absolute Gasteiger partial charge is 0.341 e. The first-order valence-electron chi connectivity index (χ1n) is 9.27. The number of nitrogens with zero attached hydrogens (tertiary/aromatic N) is 4. The van der Waals surface area contributed by atoms with Crippen LogP contribution in [0.25, 0.3) is 11.0 Å². The van der Waals surface area contributed by atoms with Crippen molar-refractivity contribution in [2.75, 3.05) is 45.7 Å². The molecule has 0 fully saturated rings. The summed E-state index contributed by atoms with van der Waals surface area (Å²) in [7, 11) is 4.36. The minimum Gasteiger partial charge on any atom is -0.477 e. The molecule has 10 heteroatoms. The SMILES string of the molecule is CN(C)CCN(C)c1nc(C(O)OCC[Si](C)(C)C)c2nc[nH]c2c1C(=O)O. The second kappa shape index (κ2) is 8.99. The number of carbonyl (C=O) groups is 1. The van der Waals surface area contributed by atoms with Gasteiger partial charge in [-0.3, -0.25) is 0 Å². The fraction of sp³-hybridized carbons (Fsp3) is 0.611. The number of fused-ring (bicyclic) bond motifs is 1. The molecule has 0 radical (unpaired) electrons. The molecule has 2 aromatic heterocycles. The van der Waals surface area contributed by atoms with Gasteiger partial charge in [-0.05, 0) is 20.1 Å². The molecular formula is C18H31N5O4Si. The van der Waals surface area contributed by atoms with Crippen molar-refractivity contribution in [2.24, 2.45) is 0 Å². The highest BCUT2D eigenvalue weighted by Crippen LogP contribution is 2.30. The molecule has 28 heavy (non-hydrogen) atoms. The summed E-state index contributed by atoms with van der Waals surface area (Å²) in [6.07, 6.45) is 0.131. The zero-order valence-corrected chi connectivity index (χ0v) is 18.5. The van der Waals surface area contributed by atoms with E-state index in [9.17, 15) is 15.0 Å². The number of aromatic amines is 1. The van der Waals surface area contributed by atoms with Crippen molar-refractivity contribution >= 4 is 30.9 Å². The van der Waals surface area contributed by atoms with E-state index < -0.39 is 20.3 Å². The van der Waals surface area contributed by atoms with Gasteiger partial charge in [0, 0.05) is 34.8 Å². The Morgan fingerprint density at radius 3 is 2.54 bits per heavy atom. The van der Waals surface area contributed by atoms with Crippen molar-refractivity contribution in [3.05, 3.63) is 17.6 Å². The second-order valence-electron chi connectivity index (χ2n) is 8.39. The highest BCUT2D eigenvalue weighted by Gasteiger charge is 2.27. The number of aromatic nitrogens is 3. The first-order valence-corrected chi connectivity index (χ1v) is 13.0. The highest BCUT2D eigenvalue weighted by atomic mass is 28.3. The van der Waals surface area contributed by atoms with Crippen LogP contribution < -0.4 is 4.90 Å². The third-order valence-corrected chi connectivity index (χ3v) is 6.11. The van der Waals surface area contributed by atoms with E-state index in [1.807, 2.05) is 19.0 Å². The van der Waals surface area contributed by atoms with Crippen LogP contribution in [0.2, 0.25) is 25.7 Å². The van der Waals surface area contributed by atoms with Crippen LogP contribution in [0.4, 0.5) is 5.82 Å². The minimum absolute atomic E-state index is 0.0341. The van der Waals surface area contributed by atoms with Gasteiger partial charge in [-0.25, -0.2) is 14.8 Å². The lowest BCUT2D eigenvalue weighted by molar-refractivity contribution is -0.0998. The molecule has 0 bridgehead atoms. The van der Waals surface area contributed by atoms with Crippen LogP contribution in [0.15, 0.2) is 6.33 Å². The molecular weight excluding hydrogens is 378 g/mol. The van der Waals surface area contributed by atoms with Crippen molar-refractivity contribution in [1.82, 2.24) is 19.9 Å². The number of carboxylic acid groups (broad SMARTS) is 1. The van der Waals surface area contributed by atoms with E-state index in [1.54, 1.807) is 11.9 Å². The summed E-state index contributed by atoms with van der Waals surface area (Å²) < 4.78 is 5.61. The number of ether oxygens (including phenoxy) is 1. The molecule has 0 amide bonds. The van der Waals surface area contributed by atoms with Crippen LogP contribution in [0, 0.1) is 0 Å². The predicted octanol–water partition coefficient (Wildman–Crippen LogP) is 2.00. The highest BCUT2D eigenvalue weighted by molar-refractivity contribution is 6.76. The summed E-state index contributed by atoms with van der Waals surface area (Å²) in [6.45, 7) is 8.40. The van der Waals surface area contributed by atoms with Crippen LogP contribution in [-0.4, -0.2) is 84.9 Å². The number of hydrogen-bond acceptors (Lipinski definition) is 7. The number of aliphatic hydroxyl groups excluding tert-OH is 1. The molecule has 0 saturated heterocycles. The van der Waals surface area contributed by atoms with Gasteiger partial charge in [-0.15, -0.1) is 0 Å². The van der Waals surface area contributed by atoms with E-state index >= 15 is 0 Å². The average Bonchev–Trinajstić information content (AvgIpc) is 3.05. The van der Waals surface area contributed by atoms with E-state index in [0.29, 0.717) is 24.2 Å². The number of hydrogen-bond donors (Lipinski definition) is 3. The summed E-state index contributed by atoms with van der Waals surface area (Å²) in [4.78, 5) is 27.2. The minimum atomic E-state index is -1.31. The molecule has 9 nitrogen and oxygen atoms in total. The van der Waals surface area contributed by atoms with Crippen LogP contribution in [-0.2, 0) is 4.74 Å². The number of H-pyrrole nitrogens is 1. The molecule has 0 spiro atoms. The van der Waals surface area contributed by atoms with Gasteiger partial charge >= 0.3 is 5.97 Å². The maximum Gasteiger partial charge on any atom is 0.341 e. The zero-order chi connectivity index (χ0) is 21.1. The molecule has 3 N–H and O–H groups in total. The third-order valence-electron chi connectivity index (χ3n) is 4.40. The van der Waals surface area contributed by atoms with Crippen molar-refractivity contribution in [3.63, 3.8) is 0 Å². The van der Waals surface area contributed by atoms with Crippen molar-refractivity contribution in [1.29, 1.82) is 0 Å². The lowest BCUT2D eigenvalue weighted by Crippen LogP contribution is -2.31. The number of rotatable bonds is 10. The van der Waals surface area contributed by atoms with Gasteiger partial charge in [0.1, 0.15) is 22.6 Å². The van der Waals surface area contributed by atoms with Gasteiger partial charge in [0.15, 0.2) is 0 Å². The maximum atomic E-state index is 11.9. The Hall–Kier alpha value is -2.01. The molecule has 0 aliphatic heterocycles. The molecule has 0 saturated carbocycles. The van der Waals surface area contributed by atoms with Crippen LogP contribution in [0.3, 0.4) is 0 Å². The van der Waals surface area contributed by atoms with Crippen molar-refractivity contribution < 1.29 is 19.7 Å². The van der Waals surface area contributed by atoms with Gasteiger partial charge in [0.05, 0.1) is 11.8 Å². The third kappa shape index (κ3) is 5.50. The molecule has 2 rings (SSSR count). The number of nitrogens with one attached hydrogen (secondary N) is 1. The summed E-state index contributed by atoms with van der Waals surface area (Å²) in [5, 5.41) is 20.3. The Kier molecular flexibility index (Phi) is 7.15. The monoisotopic (exact) mass is 409 g/mol. The predicted molar refractivity (Wildman–Crippen MR) is 112 cm³/mol. The number of likely N-dealkylation sites (N-methyl/N-ethyl adjacent to an activating group) is 2. The summed E-state index contributed by atoms with van der Waals surface area (Å²) in [6, 6.07) is 0.899. The zero-order valence-electron chi connectivity index (χ0n) is 17.5. The van der Waals surface area contributed by atoms with E-state index in [1.165, 1.54) is 6.33 Å². The number of anilines is 1. The quantitative estimate of drug-likeness (QED) is 0.403. The summed E-state index contributed by atoms with van der Waals surface area (Å²) in [5.74, 6) is -0.830. The Labute approximate surface area is 166 Å². The first kappa shape index (κ1) is 22.3. The topological polar surface area (TPSA) is 115 Å². The molecule has 1 unspecified atom stereocenters. The van der Waals surface area contributed by atoms with Gasteiger partial charge < -0.3 is 29.7 Å². The molecule has 156 valence electrons. The number of aromatic carboxylic acids is 1. The Morgan fingerprint density at radius 1 is 1.29 bits per heavy atom. The lowest BCUT2D eigenvalue weighted by atomic mass is 10.1. The van der Waals surface area contributed by atoms with Crippen molar-refractivity contribution in [2.45, 2.75) is 32.0 Å². The fourth-order valence-electron chi connectivity index (χ4n) is 2.68. The Bertz CT molecular complexity index is 818. The van der Waals surface area contributed by atoms with Gasteiger partial charge in [-0.2, -0.15) is 0 Å². The van der Waals surface area contributed by atoms with E-state index in [-0.39, 0.29) is 17.1 Å². The first-order chi connectivity index (χ1) is 13.0. The molecule has 2 aromatic rings. The lowest BCUT2D eigenvalue weighted by Gasteiger charge is -2.24. The molecule has 0 aromatic carbocycles.